The molecule has 0 unspecified atom stereocenters. The van der Waals surface area contributed by atoms with Gasteiger partial charge in [-0.1, -0.05) is 0 Å². The number of anilines is 1. The second kappa shape index (κ2) is 8.68. The quantitative estimate of drug-likeness (QED) is 0.505. The first-order valence-electron chi connectivity index (χ1n) is 8.59. The van der Waals surface area contributed by atoms with Crippen molar-refractivity contribution in [2.24, 2.45) is 0 Å². The Morgan fingerprint density at radius 3 is 2.56 bits per heavy atom. The predicted octanol–water partition coefficient (Wildman–Crippen LogP) is 0.165. The maximum absolute atomic E-state index is 12.6. The second-order valence-electron chi connectivity index (χ2n) is 6.48. The molecule has 10 heteroatoms. The molecule has 150 valence electrons. The van der Waals surface area contributed by atoms with E-state index in [1.807, 2.05) is 0 Å². The van der Waals surface area contributed by atoms with E-state index in [0.717, 1.165) is 17.1 Å². The summed E-state index contributed by atoms with van der Waals surface area (Å²) in [4.78, 5) is 24.5. The number of carbonyl (C=O) groups excluding carboxylic acids is 2. The van der Waals surface area contributed by atoms with Crippen molar-refractivity contribution in [3.8, 4) is 0 Å². The first-order valence-corrected chi connectivity index (χ1v) is 10.0. The number of hydrogen-bond acceptors (Lipinski definition) is 7. The molecule has 0 saturated heterocycles. The average Bonchev–Trinajstić information content (AvgIpc) is 3.43. The van der Waals surface area contributed by atoms with Crippen molar-refractivity contribution in [2.45, 2.75) is 36.8 Å². The van der Waals surface area contributed by atoms with Gasteiger partial charge < -0.3 is 20.5 Å². The molecule has 1 fully saturated rings. The fourth-order valence-corrected chi connectivity index (χ4v) is 3.16. The lowest BCUT2D eigenvalue weighted by Gasteiger charge is -2.17. The van der Waals surface area contributed by atoms with Crippen molar-refractivity contribution < 1.29 is 27.9 Å². The molecule has 3 N–H and O–H groups in total. The van der Waals surface area contributed by atoms with Crippen LogP contribution in [-0.2, 0) is 19.6 Å². The van der Waals surface area contributed by atoms with Gasteiger partial charge in [0.15, 0.2) is 6.10 Å². The van der Waals surface area contributed by atoms with E-state index < -0.39 is 28.0 Å². The van der Waals surface area contributed by atoms with Gasteiger partial charge in [0.25, 0.3) is 5.91 Å². The zero-order valence-electron chi connectivity index (χ0n) is 15.6. The Bertz CT molecular complexity index is 805. The summed E-state index contributed by atoms with van der Waals surface area (Å²) < 4.78 is 30.9. The van der Waals surface area contributed by atoms with Gasteiger partial charge in [-0.3, -0.25) is 4.79 Å². The lowest BCUT2D eigenvalue weighted by molar-refractivity contribution is -0.129. The molecule has 2 rings (SSSR count). The molecule has 1 amide bonds. The fourth-order valence-electron chi connectivity index (χ4n) is 2.23. The number of nitrogens with zero attached hydrogens (tertiary/aromatic N) is 1. The van der Waals surface area contributed by atoms with Crippen LogP contribution in [0.25, 0.3) is 0 Å². The first-order chi connectivity index (χ1) is 12.7. The smallest absolute Gasteiger partial charge is 0.341 e. The fraction of sp³-hybridized carbons (Fsp3) is 0.529. The van der Waals surface area contributed by atoms with Crippen molar-refractivity contribution >= 4 is 27.6 Å². The zero-order valence-corrected chi connectivity index (χ0v) is 16.4. The third-order valence-electron chi connectivity index (χ3n) is 3.99. The molecule has 0 heterocycles. The summed E-state index contributed by atoms with van der Waals surface area (Å²) >= 11 is 0. The normalized spacial score (nSPS) is 15.3. The summed E-state index contributed by atoms with van der Waals surface area (Å²) in [7, 11) is -0.985. The molecule has 1 aliphatic carbocycles. The van der Waals surface area contributed by atoms with Crippen LogP contribution in [0.1, 0.15) is 30.1 Å². The highest BCUT2D eigenvalue weighted by atomic mass is 32.2. The number of aliphatic hydroxyl groups is 1. The number of ether oxygens (including phenoxy) is 1. The number of hydrogen-bond donors (Lipinski definition) is 3. The van der Waals surface area contributed by atoms with E-state index in [1.165, 1.54) is 39.2 Å². The molecule has 1 aromatic rings. The Balaban J connectivity index is 2.26. The van der Waals surface area contributed by atoms with Crippen LogP contribution in [0.5, 0.6) is 0 Å². The molecule has 0 bridgehead atoms. The molecule has 27 heavy (non-hydrogen) atoms. The van der Waals surface area contributed by atoms with Crippen molar-refractivity contribution in [1.29, 1.82) is 0 Å². The number of aliphatic hydroxyl groups excluding tert-OH is 1. The second-order valence-corrected chi connectivity index (χ2v) is 8.63. The minimum Gasteiger partial charge on any atom is -0.449 e. The minimum absolute atomic E-state index is 0.0301. The van der Waals surface area contributed by atoms with Crippen molar-refractivity contribution in [3.05, 3.63) is 23.8 Å². The van der Waals surface area contributed by atoms with Gasteiger partial charge in [-0.2, -0.15) is 0 Å². The summed E-state index contributed by atoms with van der Waals surface area (Å²) in [6, 6.07) is 4.11. The Morgan fingerprint density at radius 2 is 2.00 bits per heavy atom. The van der Waals surface area contributed by atoms with Crippen LogP contribution in [0, 0.1) is 0 Å². The number of esters is 1. The third kappa shape index (κ3) is 5.41. The van der Waals surface area contributed by atoms with Crippen molar-refractivity contribution in [3.63, 3.8) is 0 Å². The number of amides is 1. The Kier molecular flexibility index (Phi) is 6.79. The first kappa shape index (κ1) is 21.1. The third-order valence-corrected chi connectivity index (χ3v) is 5.80. The molecule has 9 nitrogen and oxygen atoms in total. The van der Waals surface area contributed by atoms with Gasteiger partial charge >= 0.3 is 5.97 Å². The van der Waals surface area contributed by atoms with Crippen LogP contribution < -0.4 is 10.6 Å². The van der Waals surface area contributed by atoms with Crippen LogP contribution in [0.2, 0.25) is 0 Å². The monoisotopic (exact) mass is 399 g/mol. The zero-order chi connectivity index (χ0) is 20.2. The molecular weight excluding hydrogens is 374 g/mol. The van der Waals surface area contributed by atoms with Gasteiger partial charge in [-0.25, -0.2) is 17.5 Å². The van der Waals surface area contributed by atoms with Crippen LogP contribution in [0.4, 0.5) is 5.69 Å². The van der Waals surface area contributed by atoms with E-state index in [0.29, 0.717) is 5.69 Å². The van der Waals surface area contributed by atoms with Crippen LogP contribution >= 0.6 is 0 Å². The van der Waals surface area contributed by atoms with Crippen LogP contribution in [-0.4, -0.2) is 69.1 Å². The summed E-state index contributed by atoms with van der Waals surface area (Å²) in [5.41, 5.74) is 0.277. The van der Waals surface area contributed by atoms with Gasteiger partial charge in [-0.05, 0) is 38.0 Å². The maximum atomic E-state index is 12.6. The van der Waals surface area contributed by atoms with E-state index in [4.69, 9.17) is 9.84 Å². The number of benzene rings is 1. The van der Waals surface area contributed by atoms with E-state index in [9.17, 15) is 18.0 Å². The summed E-state index contributed by atoms with van der Waals surface area (Å²) in [6.45, 7) is 1.45. The number of sulfonamides is 1. The number of carbonyl (C=O) groups is 2. The lowest BCUT2D eigenvalue weighted by atomic mass is 10.1. The average molecular weight is 399 g/mol. The number of rotatable bonds is 9. The molecule has 1 aromatic carbocycles. The van der Waals surface area contributed by atoms with E-state index >= 15 is 0 Å². The molecular formula is C17H25N3O6S. The lowest BCUT2D eigenvalue weighted by Crippen LogP contribution is -2.37. The molecule has 0 aliphatic heterocycles. The minimum atomic E-state index is -3.75. The topological polar surface area (TPSA) is 125 Å². The molecule has 1 atom stereocenters. The summed E-state index contributed by atoms with van der Waals surface area (Å²) in [5.74, 6) is -1.22. The maximum Gasteiger partial charge on any atom is 0.341 e. The highest BCUT2D eigenvalue weighted by Crippen LogP contribution is 2.24. The van der Waals surface area contributed by atoms with Crippen molar-refractivity contribution in [1.82, 2.24) is 9.62 Å². The highest BCUT2D eigenvalue weighted by molar-refractivity contribution is 7.89. The van der Waals surface area contributed by atoms with Gasteiger partial charge in [-0.15, -0.1) is 0 Å². The van der Waals surface area contributed by atoms with Gasteiger partial charge in [0.1, 0.15) is 0 Å². The largest absolute Gasteiger partial charge is 0.449 e. The molecule has 0 spiro atoms. The van der Waals surface area contributed by atoms with Gasteiger partial charge in [0.05, 0.1) is 17.1 Å². The molecule has 1 saturated carbocycles. The summed E-state index contributed by atoms with van der Waals surface area (Å²) in [5, 5.41) is 14.6. The standard InChI is InChI=1S/C17H25N3O6S/c1-11(16(22)19-12-4-5-12)26-17(23)14-10-13(27(24,25)20(2)3)6-7-15(14)18-8-9-21/h6-7,10-12,18,21H,4-5,8-9H2,1-3H3,(H,19,22)/t11-/m0/s1. The van der Waals surface area contributed by atoms with Gasteiger partial charge in [0, 0.05) is 32.4 Å². The number of nitrogens with one attached hydrogen (secondary N) is 2. The van der Waals surface area contributed by atoms with Gasteiger partial charge in [0.2, 0.25) is 10.0 Å². The summed E-state index contributed by atoms with van der Waals surface area (Å²) in [6.07, 6.45) is 0.802. The van der Waals surface area contributed by atoms with Crippen LogP contribution in [0.3, 0.4) is 0 Å². The Hall–Kier alpha value is -2.17. The molecule has 0 aromatic heterocycles. The molecule has 1 aliphatic rings. The van der Waals surface area contributed by atoms with E-state index in [2.05, 4.69) is 10.6 Å². The van der Waals surface area contributed by atoms with Crippen LogP contribution in [0.15, 0.2) is 23.1 Å². The SMILES string of the molecule is C[C@H](OC(=O)c1cc(S(=O)(=O)N(C)C)ccc1NCCO)C(=O)NC1CC1. The highest BCUT2D eigenvalue weighted by Gasteiger charge is 2.28. The Morgan fingerprint density at radius 1 is 1.33 bits per heavy atom. The molecule has 0 radical (unpaired) electrons. The Labute approximate surface area is 158 Å². The van der Waals surface area contributed by atoms with E-state index in [1.54, 1.807) is 0 Å². The van der Waals surface area contributed by atoms with E-state index in [-0.39, 0.29) is 29.7 Å². The van der Waals surface area contributed by atoms with Crippen molar-refractivity contribution in [2.75, 3.05) is 32.6 Å². The predicted molar refractivity (Wildman–Crippen MR) is 98.9 cm³/mol.